The van der Waals surface area contributed by atoms with E-state index in [1.807, 2.05) is 25.3 Å². The lowest BCUT2D eigenvalue weighted by atomic mass is 9.86. The molecule has 0 saturated heterocycles. The zero-order valence-corrected chi connectivity index (χ0v) is 18.1. The lowest BCUT2D eigenvalue weighted by Gasteiger charge is -2.30. The summed E-state index contributed by atoms with van der Waals surface area (Å²) in [6.07, 6.45) is 4.41. The van der Waals surface area contributed by atoms with E-state index in [1.54, 1.807) is 0 Å². The van der Waals surface area contributed by atoms with Gasteiger partial charge < -0.3 is 15.2 Å². The summed E-state index contributed by atoms with van der Waals surface area (Å²) in [5, 5.41) is 5.85. The first kappa shape index (κ1) is 21.5. The van der Waals surface area contributed by atoms with Crippen LogP contribution in [-0.2, 0) is 17.8 Å². The minimum Gasteiger partial charge on any atom is -0.352 e. The summed E-state index contributed by atoms with van der Waals surface area (Å²) in [4.78, 5) is 30.5. The number of hydrogen-bond donors (Lipinski definition) is 2. The predicted octanol–water partition coefficient (Wildman–Crippen LogP) is 3.59. The molecule has 1 aromatic carbocycles. The average molecular weight is 430 g/mol. The van der Waals surface area contributed by atoms with Crippen molar-refractivity contribution in [3.8, 4) is 11.4 Å². The van der Waals surface area contributed by atoms with Crippen LogP contribution >= 0.6 is 0 Å². The van der Waals surface area contributed by atoms with E-state index < -0.39 is 29.0 Å². The molecule has 0 radical (unpaired) electrons. The number of benzene rings is 1. The number of halogens is 2. The second-order valence-corrected chi connectivity index (χ2v) is 9.52. The monoisotopic (exact) mass is 430 g/mol. The molecule has 2 amide bonds. The maximum atomic E-state index is 13.8. The van der Waals surface area contributed by atoms with Gasteiger partial charge in [0.05, 0.1) is 5.69 Å². The second kappa shape index (κ2) is 8.05. The molecule has 1 unspecified atom stereocenters. The molecule has 1 atom stereocenters. The first-order chi connectivity index (χ1) is 14.6. The van der Waals surface area contributed by atoms with Crippen molar-refractivity contribution in [3.05, 3.63) is 41.2 Å². The molecule has 2 aliphatic rings. The van der Waals surface area contributed by atoms with Crippen molar-refractivity contribution >= 4 is 11.8 Å². The number of aromatic nitrogens is 2. The third-order valence-corrected chi connectivity index (χ3v) is 5.84. The Bertz CT molecular complexity index is 1020. The van der Waals surface area contributed by atoms with E-state index in [9.17, 15) is 18.4 Å². The number of imidazole rings is 1. The summed E-state index contributed by atoms with van der Waals surface area (Å²) in [6, 6.07) is 3.10. The van der Waals surface area contributed by atoms with Crippen molar-refractivity contribution in [2.45, 2.75) is 71.5 Å². The van der Waals surface area contributed by atoms with Gasteiger partial charge in [-0.2, -0.15) is 0 Å². The van der Waals surface area contributed by atoms with Gasteiger partial charge in [0, 0.05) is 18.2 Å². The summed E-state index contributed by atoms with van der Waals surface area (Å²) in [5.41, 5.74) is 0.934. The number of carbonyl (C=O) groups excluding carboxylic acids is 2. The van der Waals surface area contributed by atoms with Gasteiger partial charge in [0.1, 0.15) is 17.6 Å². The van der Waals surface area contributed by atoms with Crippen molar-refractivity contribution in [2.75, 3.05) is 0 Å². The molecule has 1 aliphatic heterocycles. The highest BCUT2D eigenvalue weighted by molar-refractivity contribution is 5.98. The lowest BCUT2D eigenvalue weighted by Crippen LogP contribution is -2.54. The van der Waals surface area contributed by atoms with E-state index in [1.165, 1.54) is 6.07 Å². The van der Waals surface area contributed by atoms with Gasteiger partial charge in [-0.1, -0.05) is 20.8 Å². The fourth-order valence-electron chi connectivity index (χ4n) is 3.97. The molecule has 6 nitrogen and oxygen atoms in total. The standard InChI is InChI=1S/C23H28F2N4O2/c1-23(2,3)19(22(31)26-14-8-9-14)28-21(30)18-17-6-4-5-11-29(17)20(27-18)13-7-10-15(24)16(25)12-13/h7,10,12,14,19H,4-6,8-9,11H2,1-3H3,(H,26,31)(H,28,30). The molecule has 0 spiro atoms. The van der Waals surface area contributed by atoms with Crippen molar-refractivity contribution in [2.24, 2.45) is 5.41 Å². The van der Waals surface area contributed by atoms with Crippen LogP contribution in [-0.4, -0.2) is 33.4 Å². The molecule has 4 rings (SSSR count). The first-order valence-electron chi connectivity index (χ1n) is 10.8. The molecule has 0 bridgehead atoms. The fourth-order valence-corrected chi connectivity index (χ4v) is 3.97. The summed E-state index contributed by atoms with van der Waals surface area (Å²) in [5.74, 6) is -2.07. The lowest BCUT2D eigenvalue weighted by molar-refractivity contribution is -0.125. The van der Waals surface area contributed by atoms with Crippen LogP contribution in [0, 0.1) is 17.0 Å². The van der Waals surface area contributed by atoms with Crippen molar-refractivity contribution in [3.63, 3.8) is 0 Å². The van der Waals surface area contributed by atoms with Crippen molar-refractivity contribution in [1.82, 2.24) is 20.2 Å². The molecule has 1 aromatic heterocycles. The van der Waals surface area contributed by atoms with Crippen LogP contribution in [0.15, 0.2) is 18.2 Å². The highest BCUT2D eigenvalue weighted by Gasteiger charge is 2.37. The van der Waals surface area contributed by atoms with Crippen LogP contribution in [0.4, 0.5) is 8.78 Å². The van der Waals surface area contributed by atoms with Crippen LogP contribution in [0.25, 0.3) is 11.4 Å². The molecular formula is C23H28F2N4O2. The molecule has 31 heavy (non-hydrogen) atoms. The number of nitrogens with zero attached hydrogens (tertiary/aromatic N) is 2. The number of rotatable bonds is 5. The molecule has 1 saturated carbocycles. The topological polar surface area (TPSA) is 76.0 Å². The molecule has 1 aliphatic carbocycles. The number of nitrogens with one attached hydrogen (secondary N) is 2. The largest absolute Gasteiger partial charge is 0.352 e. The predicted molar refractivity (Wildman–Crippen MR) is 112 cm³/mol. The number of hydrogen-bond acceptors (Lipinski definition) is 3. The molecule has 2 heterocycles. The van der Waals surface area contributed by atoms with E-state index in [4.69, 9.17) is 0 Å². The van der Waals surface area contributed by atoms with Crippen LogP contribution in [0.1, 0.15) is 62.6 Å². The Morgan fingerprint density at radius 3 is 2.55 bits per heavy atom. The molecule has 8 heteroatoms. The number of amides is 2. The summed E-state index contributed by atoms with van der Waals surface area (Å²) < 4.78 is 29.1. The SMILES string of the molecule is CC(C)(C)C(NC(=O)c1nc(-c2ccc(F)c(F)c2)n2c1CCCC2)C(=O)NC1CC1. The number of carbonyl (C=O) groups is 2. The van der Waals surface area contributed by atoms with E-state index in [-0.39, 0.29) is 17.6 Å². The molecule has 2 N–H and O–H groups in total. The Hall–Kier alpha value is -2.77. The van der Waals surface area contributed by atoms with Gasteiger partial charge in [-0.05, 0) is 55.7 Å². The van der Waals surface area contributed by atoms with Gasteiger partial charge in [-0.15, -0.1) is 0 Å². The van der Waals surface area contributed by atoms with Gasteiger partial charge in [-0.25, -0.2) is 13.8 Å². The summed E-state index contributed by atoms with van der Waals surface area (Å²) in [6.45, 7) is 6.36. The number of fused-ring (bicyclic) bond motifs is 1. The van der Waals surface area contributed by atoms with Gasteiger partial charge in [0.2, 0.25) is 5.91 Å². The molecule has 1 fully saturated rings. The smallest absolute Gasteiger partial charge is 0.272 e. The van der Waals surface area contributed by atoms with Crippen LogP contribution < -0.4 is 10.6 Å². The second-order valence-electron chi connectivity index (χ2n) is 9.52. The Morgan fingerprint density at radius 1 is 1.16 bits per heavy atom. The maximum absolute atomic E-state index is 13.8. The quantitative estimate of drug-likeness (QED) is 0.761. The Balaban J connectivity index is 1.66. The minimum absolute atomic E-state index is 0.189. The molecule has 166 valence electrons. The van der Waals surface area contributed by atoms with E-state index >= 15 is 0 Å². The van der Waals surface area contributed by atoms with Crippen molar-refractivity contribution in [1.29, 1.82) is 0 Å². The third-order valence-electron chi connectivity index (χ3n) is 5.84. The molecular weight excluding hydrogens is 402 g/mol. The minimum atomic E-state index is -0.957. The van der Waals surface area contributed by atoms with Crippen LogP contribution in [0.5, 0.6) is 0 Å². The summed E-state index contributed by atoms with van der Waals surface area (Å²) in [7, 11) is 0. The van der Waals surface area contributed by atoms with E-state index in [2.05, 4.69) is 15.6 Å². The van der Waals surface area contributed by atoms with Crippen molar-refractivity contribution < 1.29 is 18.4 Å². The van der Waals surface area contributed by atoms with E-state index in [0.717, 1.165) is 43.5 Å². The average Bonchev–Trinajstić information content (AvgIpc) is 3.44. The highest BCUT2D eigenvalue weighted by Crippen LogP contribution is 2.29. The molecule has 2 aromatic rings. The fraction of sp³-hybridized carbons (Fsp3) is 0.522. The van der Waals surface area contributed by atoms with Crippen LogP contribution in [0.3, 0.4) is 0 Å². The van der Waals surface area contributed by atoms with Gasteiger partial charge >= 0.3 is 0 Å². The van der Waals surface area contributed by atoms with E-state index in [0.29, 0.717) is 24.4 Å². The van der Waals surface area contributed by atoms with Gasteiger partial charge in [0.25, 0.3) is 5.91 Å². The highest BCUT2D eigenvalue weighted by atomic mass is 19.2. The first-order valence-corrected chi connectivity index (χ1v) is 10.8. The normalized spacial score (nSPS) is 17.1. The third kappa shape index (κ3) is 4.48. The zero-order chi connectivity index (χ0) is 22.3. The Morgan fingerprint density at radius 2 is 1.90 bits per heavy atom. The maximum Gasteiger partial charge on any atom is 0.272 e. The summed E-state index contributed by atoms with van der Waals surface area (Å²) >= 11 is 0. The Labute approximate surface area is 180 Å². The van der Waals surface area contributed by atoms with Gasteiger partial charge in [-0.3, -0.25) is 9.59 Å². The Kier molecular flexibility index (Phi) is 5.58. The zero-order valence-electron chi connectivity index (χ0n) is 18.1. The van der Waals surface area contributed by atoms with Gasteiger partial charge in [0.15, 0.2) is 11.6 Å². The van der Waals surface area contributed by atoms with Crippen LogP contribution in [0.2, 0.25) is 0 Å².